The Kier molecular flexibility index (Phi) is 13.3. The van der Waals surface area contributed by atoms with Crippen molar-refractivity contribution in [3.8, 4) is 11.5 Å². The minimum absolute atomic E-state index is 0.0155. The molecule has 0 atom stereocenters. The van der Waals surface area contributed by atoms with Gasteiger partial charge in [0.1, 0.15) is 11.5 Å². The van der Waals surface area contributed by atoms with Crippen molar-refractivity contribution in [2.45, 2.75) is 20.0 Å². The number of rotatable bonds is 13. The molecule has 0 unspecified atom stereocenters. The molecule has 0 bridgehead atoms. The number of phenols is 1. The summed E-state index contributed by atoms with van der Waals surface area (Å²) in [6, 6.07) is 12.8. The quantitative estimate of drug-likeness (QED) is 0.349. The van der Waals surface area contributed by atoms with Crippen LogP contribution in [0.15, 0.2) is 49.0 Å². The molecule has 178 valence electrons. The molecule has 2 rings (SSSR count). The molecule has 4 N–H and O–H groups in total. The van der Waals surface area contributed by atoms with E-state index in [-0.39, 0.29) is 31.0 Å². The first kappa shape index (κ1) is 27.6. The van der Waals surface area contributed by atoms with Crippen LogP contribution in [0, 0.1) is 5.41 Å². The molecule has 0 aliphatic rings. The molecule has 2 aromatic carbocycles. The van der Waals surface area contributed by atoms with Crippen LogP contribution in [0.5, 0.6) is 11.5 Å². The summed E-state index contributed by atoms with van der Waals surface area (Å²) in [6.45, 7) is 7.44. The first-order valence-corrected chi connectivity index (χ1v) is 10.5. The first-order chi connectivity index (χ1) is 15.4. The number of aliphatic hydroxyl groups excluding tert-OH is 3. The van der Waals surface area contributed by atoms with Crippen LogP contribution in [0.4, 0.5) is 0 Å². The highest BCUT2D eigenvalue weighted by Crippen LogP contribution is 2.25. The van der Waals surface area contributed by atoms with Gasteiger partial charge in [-0.15, -0.1) is 0 Å². The molecule has 0 saturated carbocycles. The molecular weight excluding hydrogens is 412 g/mol. The molecule has 0 spiro atoms. The van der Waals surface area contributed by atoms with Gasteiger partial charge in [-0.1, -0.05) is 43.8 Å². The molecule has 0 saturated heterocycles. The maximum atomic E-state index is 9.00. The third-order valence-corrected chi connectivity index (χ3v) is 4.66. The molecule has 0 radical (unpaired) electrons. The number of aliphatic hydroxyl groups is 3. The molecule has 32 heavy (non-hydrogen) atoms. The number of benzene rings is 2. The summed E-state index contributed by atoms with van der Waals surface area (Å²) in [5.41, 5.74) is 2.77. The second-order valence-corrected chi connectivity index (χ2v) is 7.64. The van der Waals surface area contributed by atoms with Gasteiger partial charge in [0.2, 0.25) is 0 Å². The summed E-state index contributed by atoms with van der Waals surface area (Å²) < 4.78 is 15.9. The molecule has 0 aromatic heterocycles. The lowest BCUT2D eigenvalue weighted by Crippen LogP contribution is -2.32. The van der Waals surface area contributed by atoms with Crippen LogP contribution in [-0.4, -0.2) is 67.2 Å². The number of hydrogen-bond acceptors (Lipinski definition) is 7. The minimum atomic E-state index is -0.194. The van der Waals surface area contributed by atoms with Gasteiger partial charge < -0.3 is 34.6 Å². The zero-order valence-electron chi connectivity index (χ0n) is 19.0. The third kappa shape index (κ3) is 10.3. The van der Waals surface area contributed by atoms with Gasteiger partial charge >= 0.3 is 0 Å². The minimum Gasteiger partial charge on any atom is -0.508 e. The van der Waals surface area contributed by atoms with Gasteiger partial charge in [-0.05, 0) is 29.7 Å². The highest BCUT2D eigenvalue weighted by atomic mass is 16.5. The average molecular weight is 449 g/mol. The predicted molar refractivity (Wildman–Crippen MR) is 125 cm³/mol. The van der Waals surface area contributed by atoms with E-state index in [9.17, 15) is 0 Å². The predicted octanol–water partition coefficient (Wildman–Crippen LogP) is 2.79. The van der Waals surface area contributed by atoms with Crippen molar-refractivity contribution < 1.29 is 34.6 Å². The lowest BCUT2D eigenvalue weighted by molar-refractivity contribution is -0.0271. The zero-order valence-corrected chi connectivity index (χ0v) is 19.0. The van der Waals surface area contributed by atoms with Crippen molar-refractivity contribution in [1.29, 1.82) is 0 Å². The fourth-order valence-corrected chi connectivity index (χ4v) is 3.04. The largest absolute Gasteiger partial charge is 0.508 e. The number of phenolic OH excluding ortho intramolecular Hbond substituents is 1. The maximum absolute atomic E-state index is 9.00. The van der Waals surface area contributed by atoms with E-state index in [4.69, 9.17) is 34.6 Å². The lowest BCUT2D eigenvalue weighted by atomic mass is 9.85. The van der Waals surface area contributed by atoms with E-state index in [1.807, 2.05) is 18.2 Å². The molecule has 2 aromatic rings. The van der Waals surface area contributed by atoms with Crippen LogP contribution in [0.3, 0.4) is 0 Å². The second kappa shape index (κ2) is 15.4. The highest BCUT2D eigenvalue weighted by molar-refractivity contribution is 5.47. The van der Waals surface area contributed by atoms with E-state index in [0.29, 0.717) is 37.7 Å². The summed E-state index contributed by atoms with van der Waals surface area (Å²) in [5, 5.41) is 35.4. The fourth-order valence-electron chi connectivity index (χ4n) is 3.04. The smallest absolute Gasteiger partial charge is 0.128 e. The molecule has 0 amide bonds. The normalized spacial score (nSPS) is 10.9. The Morgan fingerprint density at radius 2 is 1.53 bits per heavy atom. The van der Waals surface area contributed by atoms with E-state index < -0.39 is 0 Å². The second-order valence-electron chi connectivity index (χ2n) is 7.64. The Hall–Kier alpha value is -2.42. The Bertz CT molecular complexity index is 764. The van der Waals surface area contributed by atoms with Gasteiger partial charge in [-0.3, -0.25) is 0 Å². The Labute approximate surface area is 190 Å². The van der Waals surface area contributed by atoms with Gasteiger partial charge in [0.15, 0.2) is 0 Å². The van der Waals surface area contributed by atoms with Crippen molar-refractivity contribution in [3.63, 3.8) is 0 Å². The fraction of sp³-hybridized carbons (Fsp3) is 0.440. The van der Waals surface area contributed by atoms with Crippen LogP contribution in [0.2, 0.25) is 0 Å². The summed E-state index contributed by atoms with van der Waals surface area (Å²) in [5.74, 6) is 0.645. The molecule has 0 aliphatic heterocycles. The van der Waals surface area contributed by atoms with E-state index in [2.05, 4.69) is 25.6 Å². The first-order valence-electron chi connectivity index (χ1n) is 10.5. The topological polar surface area (TPSA) is 109 Å². The average Bonchev–Trinajstić information content (AvgIpc) is 2.80. The summed E-state index contributed by atoms with van der Waals surface area (Å²) >= 11 is 0. The maximum Gasteiger partial charge on any atom is 0.128 e. The number of ether oxygens (including phenoxy) is 3. The molecular formula is C25H36O7. The number of aromatic hydroxyl groups is 1. The van der Waals surface area contributed by atoms with Crippen LogP contribution >= 0.6 is 0 Å². The Balaban J connectivity index is 0.000000389. The van der Waals surface area contributed by atoms with Crippen molar-refractivity contribution in [1.82, 2.24) is 0 Å². The number of hydrogen-bond donors (Lipinski definition) is 4. The highest BCUT2D eigenvalue weighted by Gasteiger charge is 2.25. The summed E-state index contributed by atoms with van der Waals surface area (Å²) in [4.78, 5) is 0. The van der Waals surface area contributed by atoms with Gasteiger partial charge in [0.25, 0.3) is 0 Å². The third-order valence-electron chi connectivity index (χ3n) is 4.66. The van der Waals surface area contributed by atoms with E-state index in [0.717, 1.165) is 12.0 Å². The van der Waals surface area contributed by atoms with E-state index in [1.54, 1.807) is 6.07 Å². The Morgan fingerprint density at radius 1 is 0.938 bits per heavy atom. The SMILES string of the molecule is C=Cc1ccc(CC(C)(COCCO)COCCO)cc1.COc1cc(O)ccc1CO. The van der Waals surface area contributed by atoms with Gasteiger partial charge in [0.05, 0.1) is 53.4 Å². The van der Waals surface area contributed by atoms with Crippen molar-refractivity contribution >= 4 is 6.08 Å². The van der Waals surface area contributed by atoms with Crippen molar-refractivity contribution in [2.24, 2.45) is 5.41 Å². The summed E-state index contributed by atoms with van der Waals surface area (Å²) in [6.07, 6.45) is 2.62. The van der Waals surface area contributed by atoms with E-state index >= 15 is 0 Å². The zero-order chi connectivity index (χ0) is 23.8. The molecule has 0 aliphatic carbocycles. The molecule has 7 heteroatoms. The molecule has 0 heterocycles. The van der Waals surface area contributed by atoms with Crippen LogP contribution in [-0.2, 0) is 22.5 Å². The van der Waals surface area contributed by atoms with E-state index in [1.165, 1.54) is 24.8 Å². The standard InChI is InChI=1S/C17H26O4.C8H10O3/c1-3-15-4-6-16(7-5-15)12-17(2,13-20-10-8-18)14-21-11-9-19;1-11-8-4-7(10)3-2-6(8)5-9/h3-7,18-19H,1,8-14H2,2H3;2-4,9-10H,5H2,1H3. The lowest BCUT2D eigenvalue weighted by Gasteiger charge is -2.29. The van der Waals surface area contributed by atoms with Crippen LogP contribution < -0.4 is 4.74 Å². The van der Waals surface area contributed by atoms with Crippen molar-refractivity contribution in [2.75, 3.05) is 46.8 Å². The Morgan fingerprint density at radius 3 is 2.00 bits per heavy atom. The monoisotopic (exact) mass is 448 g/mol. The molecule has 0 fully saturated rings. The van der Waals surface area contributed by atoms with Crippen molar-refractivity contribution in [3.05, 3.63) is 65.7 Å². The van der Waals surface area contributed by atoms with Gasteiger partial charge in [0, 0.05) is 17.0 Å². The number of methoxy groups -OCH3 is 1. The molecule has 7 nitrogen and oxygen atoms in total. The summed E-state index contributed by atoms with van der Waals surface area (Å²) in [7, 11) is 1.49. The van der Waals surface area contributed by atoms with Crippen LogP contribution in [0.25, 0.3) is 6.08 Å². The van der Waals surface area contributed by atoms with Gasteiger partial charge in [-0.2, -0.15) is 0 Å². The van der Waals surface area contributed by atoms with Crippen LogP contribution in [0.1, 0.15) is 23.6 Å². The van der Waals surface area contributed by atoms with Gasteiger partial charge in [-0.25, -0.2) is 0 Å².